The maximum atomic E-state index is 14.9. The van der Waals surface area contributed by atoms with Crippen molar-refractivity contribution in [3.63, 3.8) is 0 Å². The predicted molar refractivity (Wildman–Crippen MR) is 105 cm³/mol. The molecular formula is C20H21FN6O4. The number of anilines is 2. The maximum absolute atomic E-state index is 14.9. The van der Waals surface area contributed by atoms with Crippen LogP contribution in [0.2, 0.25) is 0 Å². The summed E-state index contributed by atoms with van der Waals surface area (Å²) in [5.74, 6) is -0.919. The minimum absolute atomic E-state index is 0.200. The van der Waals surface area contributed by atoms with Crippen molar-refractivity contribution in [2.75, 3.05) is 42.6 Å². The van der Waals surface area contributed by atoms with E-state index in [0.29, 0.717) is 50.5 Å². The number of nitrogens with zero attached hydrogens (tertiary/aromatic N) is 6. The number of ether oxygens (including phenoxy) is 3. The zero-order chi connectivity index (χ0) is 21.4. The molecule has 0 radical (unpaired) electrons. The van der Waals surface area contributed by atoms with Crippen molar-refractivity contribution in [3.8, 4) is 6.07 Å². The van der Waals surface area contributed by atoms with Gasteiger partial charge in [0.05, 0.1) is 43.9 Å². The third kappa shape index (κ3) is 3.68. The van der Waals surface area contributed by atoms with Gasteiger partial charge in [-0.15, -0.1) is 5.10 Å². The summed E-state index contributed by atoms with van der Waals surface area (Å²) in [6, 6.07) is 6.73. The largest absolute Gasteiger partial charge is 0.442 e. The molecule has 3 fully saturated rings. The van der Waals surface area contributed by atoms with Crippen LogP contribution in [0.4, 0.5) is 20.6 Å². The van der Waals surface area contributed by atoms with Gasteiger partial charge in [0.15, 0.2) is 11.5 Å². The maximum Gasteiger partial charge on any atom is 0.414 e. The topological polar surface area (TPSA) is 106 Å². The lowest BCUT2D eigenvalue weighted by Crippen LogP contribution is -2.45. The van der Waals surface area contributed by atoms with E-state index in [0.717, 1.165) is 0 Å². The molecule has 1 aromatic heterocycles. The molecule has 1 atom stereocenters. The lowest BCUT2D eigenvalue weighted by atomic mass is 10.0. The van der Waals surface area contributed by atoms with Gasteiger partial charge in [0.1, 0.15) is 18.0 Å². The first-order chi connectivity index (χ1) is 15.1. The molecule has 4 heterocycles. The molecule has 1 spiro atoms. The summed E-state index contributed by atoms with van der Waals surface area (Å²) >= 11 is 0. The Morgan fingerprint density at radius 3 is 2.74 bits per heavy atom. The molecule has 162 valence electrons. The number of hydrogen-bond donors (Lipinski definition) is 0. The van der Waals surface area contributed by atoms with Crippen LogP contribution in [0.1, 0.15) is 18.5 Å². The average molecular weight is 428 g/mol. The lowest BCUT2D eigenvalue weighted by Gasteiger charge is -2.38. The van der Waals surface area contributed by atoms with E-state index in [4.69, 9.17) is 19.5 Å². The first-order valence-electron chi connectivity index (χ1n) is 10.2. The number of cyclic esters (lactones) is 1. The lowest BCUT2D eigenvalue weighted by molar-refractivity contribution is -0.169. The number of carbonyl (C=O) groups is 1. The molecule has 0 saturated carbocycles. The van der Waals surface area contributed by atoms with Gasteiger partial charge in [0, 0.05) is 25.9 Å². The third-order valence-corrected chi connectivity index (χ3v) is 5.91. The van der Waals surface area contributed by atoms with Crippen LogP contribution >= 0.6 is 0 Å². The van der Waals surface area contributed by atoms with Gasteiger partial charge in [0.25, 0.3) is 0 Å². The standard InChI is InChI=1S/C20H21FN6O4/c21-17-9-14(1-2-18(17)25-5-3-20(4-6-25)29-7-8-30-20)26-12-16(31-19(26)28)13-27-15(10-22)11-23-24-27/h1-2,9,11,16H,3-8,12-13H2. The molecule has 3 aliphatic heterocycles. The van der Waals surface area contributed by atoms with Crippen LogP contribution in [-0.4, -0.2) is 65.8 Å². The highest BCUT2D eigenvalue weighted by Gasteiger charge is 2.40. The minimum atomic E-state index is -0.564. The molecule has 3 saturated heterocycles. The molecular weight excluding hydrogens is 407 g/mol. The minimum Gasteiger partial charge on any atom is -0.442 e. The Labute approximate surface area is 177 Å². The van der Waals surface area contributed by atoms with Crippen LogP contribution in [0.15, 0.2) is 24.4 Å². The third-order valence-electron chi connectivity index (χ3n) is 5.91. The van der Waals surface area contributed by atoms with Crippen LogP contribution < -0.4 is 9.80 Å². The smallest absolute Gasteiger partial charge is 0.414 e. The van der Waals surface area contributed by atoms with Gasteiger partial charge >= 0.3 is 6.09 Å². The van der Waals surface area contributed by atoms with Gasteiger partial charge in [-0.2, -0.15) is 5.26 Å². The van der Waals surface area contributed by atoms with Crippen LogP contribution in [0, 0.1) is 17.1 Å². The molecule has 5 rings (SSSR count). The van der Waals surface area contributed by atoms with E-state index in [1.807, 2.05) is 11.0 Å². The molecule has 1 aromatic carbocycles. The van der Waals surface area contributed by atoms with Crippen molar-refractivity contribution in [1.29, 1.82) is 5.26 Å². The summed E-state index contributed by atoms with van der Waals surface area (Å²) in [5.41, 5.74) is 1.19. The Morgan fingerprint density at radius 2 is 2.03 bits per heavy atom. The number of nitriles is 1. The summed E-state index contributed by atoms with van der Waals surface area (Å²) in [4.78, 5) is 15.7. The number of piperidine rings is 1. The number of benzene rings is 1. The van der Waals surface area contributed by atoms with Crippen molar-refractivity contribution in [2.24, 2.45) is 0 Å². The molecule has 31 heavy (non-hydrogen) atoms. The Morgan fingerprint density at radius 1 is 1.26 bits per heavy atom. The van der Waals surface area contributed by atoms with Gasteiger partial charge in [0.2, 0.25) is 0 Å². The number of hydrogen-bond acceptors (Lipinski definition) is 8. The molecule has 0 N–H and O–H groups in total. The van der Waals surface area contributed by atoms with Gasteiger partial charge in [-0.1, -0.05) is 5.21 Å². The highest BCUT2D eigenvalue weighted by molar-refractivity contribution is 5.90. The Hall–Kier alpha value is -3.23. The fraction of sp³-hybridized carbons (Fsp3) is 0.500. The molecule has 3 aliphatic rings. The van der Waals surface area contributed by atoms with E-state index in [-0.39, 0.29) is 18.8 Å². The van der Waals surface area contributed by atoms with Gasteiger partial charge < -0.3 is 19.1 Å². The zero-order valence-electron chi connectivity index (χ0n) is 16.7. The van der Waals surface area contributed by atoms with E-state index >= 15 is 0 Å². The van der Waals surface area contributed by atoms with Crippen LogP contribution in [0.3, 0.4) is 0 Å². The number of aromatic nitrogens is 3. The SMILES string of the molecule is N#Cc1cnnn1CC1CN(c2ccc(N3CCC4(CC3)OCCO4)c(F)c2)C(=O)O1. The van der Waals surface area contributed by atoms with Gasteiger partial charge in [-0.05, 0) is 18.2 Å². The quantitative estimate of drug-likeness (QED) is 0.724. The van der Waals surface area contributed by atoms with E-state index in [1.165, 1.54) is 21.8 Å². The van der Waals surface area contributed by atoms with Crippen LogP contribution in [0.5, 0.6) is 0 Å². The van der Waals surface area contributed by atoms with E-state index in [2.05, 4.69) is 10.3 Å². The molecule has 2 aromatic rings. The molecule has 0 aliphatic carbocycles. The van der Waals surface area contributed by atoms with Crippen LogP contribution in [-0.2, 0) is 20.8 Å². The van der Waals surface area contributed by atoms with E-state index in [9.17, 15) is 9.18 Å². The molecule has 0 bridgehead atoms. The second-order valence-electron chi connectivity index (χ2n) is 7.76. The fourth-order valence-electron chi connectivity index (χ4n) is 4.29. The molecule has 10 nitrogen and oxygen atoms in total. The molecule has 1 amide bonds. The van der Waals surface area contributed by atoms with Gasteiger partial charge in [-0.3, -0.25) is 4.90 Å². The number of carbonyl (C=O) groups excluding carboxylic acids is 1. The van der Waals surface area contributed by atoms with Crippen molar-refractivity contribution in [1.82, 2.24) is 15.0 Å². The fourth-order valence-corrected chi connectivity index (χ4v) is 4.29. The van der Waals surface area contributed by atoms with Crippen molar-refractivity contribution in [3.05, 3.63) is 35.9 Å². The summed E-state index contributed by atoms with van der Waals surface area (Å²) in [6.45, 7) is 2.89. The molecule has 1 unspecified atom stereocenters. The van der Waals surface area contributed by atoms with Gasteiger partial charge in [-0.25, -0.2) is 13.9 Å². The zero-order valence-corrected chi connectivity index (χ0v) is 16.7. The summed E-state index contributed by atoms with van der Waals surface area (Å²) in [7, 11) is 0. The number of rotatable bonds is 4. The highest BCUT2D eigenvalue weighted by atomic mass is 19.1. The summed E-state index contributed by atoms with van der Waals surface area (Å²) < 4.78 is 33.1. The van der Waals surface area contributed by atoms with Crippen molar-refractivity contribution >= 4 is 17.5 Å². The average Bonchev–Trinajstić information content (AvgIpc) is 3.50. The first-order valence-corrected chi connectivity index (χ1v) is 10.2. The Balaban J connectivity index is 1.25. The van der Waals surface area contributed by atoms with E-state index in [1.54, 1.807) is 12.1 Å². The predicted octanol–water partition coefficient (Wildman–Crippen LogP) is 1.66. The van der Waals surface area contributed by atoms with Crippen LogP contribution in [0.25, 0.3) is 0 Å². The Bertz CT molecular complexity index is 1020. The first kappa shape index (κ1) is 19.7. The van der Waals surface area contributed by atoms with Crippen molar-refractivity contribution < 1.29 is 23.4 Å². The molecule has 11 heteroatoms. The summed E-state index contributed by atoms with van der Waals surface area (Å²) in [6.07, 6.45) is 1.62. The second kappa shape index (κ2) is 7.79. The van der Waals surface area contributed by atoms with Crippen molar-refractivity contribution in [2.45, 2.75) is 31.3 Å². The number of halogens is 1. The normalized spacial score (nSPS) is 22.7. The highest BCUT2D eigenvalue weighted by Crippen LogP contribution is 2.35. The Kier molecular flexibility index (Phi) is 4.95. The monoisotopic (exact) mass is 428 g/mol. The second-order valence-corrected chi connectivity index (χ2v) is 7.76. The summed E-state index contributed by atoms with van der Waals surface area (Å²) in [5, 5.41) is 16.6. The number of amides is 1. The van der Waals surface area contributed by atoms with E-state index < -0.39 is 23.8 Å².